The van der Waals surface area contributed by atoms with Crippen LogP contribution in [0.3, 0.4) is 0 Å². The van der Waals surface area contributed by atoms with E-state index in [-0.39, 0.29) is 38.2 Å². The van der Waals surface area contributed by atoms with Crippen molar-refractivity contribution in [1.29, 1.82) is 0 Å². The first-order valence-corrected chi connectivity index (χ1v) is 24.2. The number of benzene rings is 4. The number of rotatable bonds is 16. The smallest absolute Gasteiger partial charge is 0 e. The third kappa shape index (κ3) is 15.9. The van der Waals surface area contributed by atoms with E-state index in [4.69, 9.17) is 35.9 Å². The Morgan fingerprint density at radius 1 is 0.410 bits per heavy atom. The molecule has 4 aromatic rings. The van der Waals surface area contributed by atoms with Gasteiger partial charge in [0.25, 0.3) is 0 Å². The molecule has 0 aliphatic carbocycles. The predicted octanol–water partition coefficient (Wildman–Crippen LogP) is 18.4. The molecule has 0 fully saturated rings. The number of hydrogen-bond donors (Lipinski definition) is 0. The fraction of sp³-hybridized carbons (Fsp3) is 0.571. The number of unbranched alkanes of at least 4 members (excludes halogenated alkanes) is 4. The summed E-state index contributed by atoms with van der Waals surface area (Å²) in [6.45, 7) is 36.1. The van der Waals surface area contributed by atoms with Gasteiger partial charge in [0.1, 0.15) is 0 Å². The van der Waals surface area contributed by atoms with Crippen molar-refractivity contribution in [3.8, 4) is 0 Å². The molecule has 0 saturated carbocycles. The van der Waals surface area contributed by atoms with Crippen LogP contribution in [0.4, 0.5) is 22.7 Å². The normalized spacial score (nSPS) is 12.1. The Morgan fingerprint density at radius 3 is 0.885 bits per heavy atom. The van der Waals surface area contributed by atoms with E-state index < -0.39 is 0 Å². The zero-order valence-electron chi connectivity index (χ0n) is 41.3. The van der Waals surface area contributed by atoms with Gasteiger partial charge in [-0.05, 0) is 84.2 Å². The molecule has 0 spiro atoms. The van der Waals surface area contributed by atoms with Crippen molar-refractivity contribution in [2.75, 3.05) is 0 Å². The van der Waals surface area contributed by atoms with E-state index >= 15 is 0 Å². The molecule has 4 aromatic carbocycles. The molecule has 0 unspecified atom stereocenters. The third-order valence-corrected chi connectivity index (χ3v) is 12.4. The summed E-state index contributed by atoms with van der Waals surface area (Å²) in [5.74, 6) is 0. The van der Waals surface area contributed by atoms with Crippen molar-refractivity contribution < 1.29 is 16.5 Å². The fourth-order valence-electron chi connectivity index (χ4n) is 7.47. The van der Waals surface area contributed by atoms with Crippen LogP contribution in [-0.4, -0.2) is 0 Å². The fourth-order valence-corrected chi connectivity index (χ4v) is 8.41. The van der Waals surface area contributed by atoms with Crippen molar-refractivity contribution in [3.05, 3.63) is 116 Å². The zero-order valence-corrected chi connectivity index (χ0v) is 43.9. The first-order chi connectivity index (χ1) is 28.0. The summed E-state index contributed by atoms with van der Waals surface area (Å²) in [7, 11) is 0. The molecule has 61 heavy (non-hydrogen) atoms. The monoisotopic (exact) mass is 905 g/mol. The molecule has 0 aromatic heterocycles. The molecule has 0 aliphatic rings. The van der Waals surface area contributed by atoms with Gasteiger partial charge in [0.15, 0.2) is 0 Å². The van der Waals surface area contributed by atoms with Crippen LogP contribution in [0.1, 0.15) is 207 Å². The van der Waals surface area contributed by atoms with Crippen LogP contribution >= 0.6 is 0 Å². The molecule has 4 rings (SSSR count). The predicted molar refractivity (Wildman–Crippen MR) is 272 cm³/mol. The summed E-state index contributed by atoms with van der Waals surface area (Å²) < 4.78 is 0. The molecule has 2 nitrogen and oxygen atoms in total. The summed E-state index contributed by atoms with van der Waals surface area (Å²) in [6, 6.07) is 22.5. The number of aryl methyl sites for hydroxylation is 4. The Kier molecular flexibility index (Phi) is 21.4. The largest absolute Gasteiger partial charge is 0.781 e. The Labute approximate surface area is 397 Å². The summed E-state index contributed by atoms with van der Waals surface area (Å²) in [6.07, 6.45) is 13.8. The maximum atomic E-state index is 5.99. The zero-order chi connectivity index (χ0) is 45.1. The topological polar surface area (TPSA) is 28.2 Å². The summed E-state index contributed by atoms with van der Waals surface area (Å²) >= 11 is 12.0. The number of para-hydroxylation sites is 2. The van der Waals surface area contributed by atoms with Crippen LogP contribution in [0.5, 0.6) is 0 Å². The van der Waals surface area contributed by atoms with E-state index in [0.717, 1.165) is 58.2 Å². The van der Waals surface area contributed by atoms with E-state index in [2.05, 4.69) is 171 Å². The van der Waals surface area contributed by atoms with Crippen LogP contribution in [0.25, 0.3) is 10.6 Å². The van der Waals surface area contributed by atoms with Crippen molar-refractivity contribution in [3.63, 3.8) is 0 Å². The maximum absolute atomic E-state index is 5.99. The number of hydrogen-bond acceptors (Lipinski definition) is 2. The van der Waals surface area contributed by atoms with Gasteiger partial charge in [-0.2, -0.15) is 21.2 Å². The van der Waals surface area contributed by atoms with Crippen LogP contribution in [0, 0.1) is 0 Å². The molecular weight excluding hydrogens is 823 g/mol. The second-order valence-electron chi connectivity index (χ2n) is 21.2. The van der Waals surface area contributed by atoms with E-state index in [9.17, 15) is 0 Å². The van der Waals surface area contributed by atoms with E-state index in [1.165, 1.54) is 95.9 Å². The van der Waals surface area contributed by atoms with Gasteiger partial charge < -0.3 is 35.9 Å². The molecule has 342 valence electrons. The quantitative estimate of drug-likeness (QED) is 0.0828. The Hall–Kier alpha value is -2.59. The molecule has 0 amide bonds. The molecule has 0 bridgehead atoms. The van der Waals surface area contributed by atoms with Gasteiger partial charge in [0.05, 0.1) is 0 Å². The summed E-state index contributed by atoms with van der Waals surface area (Å²) in [5, 5.41) is 10.6. The second kappa shape index (κ2) is 23.9. The Balaban J connectivity index is 0.000000413. The molecule has 0 heterocycles. The van der Waals surface area contributed by atoms with E-state index in [1.807, 2.05) is 0 Å². The van der Waals surface area contributed by atoms with Crippen LogP contribution in [0.2, 0.25) is 0 Å². The SMILES string of the molecule is CCCCc1cccc(CCCC)c1[N-]c1cc(C(C)(C)C)cc(C(C)(C)C)c1[S-].CCCCc1cccc(CCCC)c1[N-]c1cc(C(C)(C)C)cc(C(C)(C)C)c1[S-].[Ni]. The maximum Gasteiger partial charge on any atom is 0 e. The molecule has 0 saturated heterocycles. The molecule has 0 radical (unpaired) electrons. The molecule has 5 heteroatoms. The second-order valence-corrected chi connectivity index (χ2v) is 22.0. The summed E-state index contributed by atoms with van der Waals surface area (Å²) in [4.78, 5) is 1.81. The van der Waals surface area contributed by atoms with Gasteiger partial charge in [-0.25, -0.2) is 0 Å². The number of nitrogens with zero attached hydrogens (tertiary/aromatic N) is 2. The third-order valence-electron chi connectivity index (χ3n) is 11.6. The van der Waals surface area contributed by atoms with E-state index in [0.29, 0.717) is 0 Å². The summed E-state index contributed by atoms with van der Waals surface area (Å²) in [5.41, 5.74) is 14.9. The van der Waals surface area contributed by atoms with Gasteiger partial charge in [0.2, 0.25) is 0 Å². The average molecular weight is 906 g/mol. The molecule has 0 aliphatic heterocycles. The van der Waals surface area contributed by atoms with Crippen molar-refractivity contribution in [1.82, 2.24) is 0 Å². The van der Waals surface area contributed by atoms with Crippen LogP contribution < -0.4 is 0 Å². The van der Waals surface area contributed by atoms with Crippen molar-refractivity contribution in [2.24, 2.45) is 0 Å². The van der Waals surface area contributed by atoms with Gasteiger partial charge in [-0.3, -0.25) is 0 Å². The average Bonchev–Trinajstić information content (AvgIpc) is 3.15. The van der Waals surface area contributed by atoms with Crippen molar-refractivity contribution in [2.45, 2.75) is 219 Å². The van der Waals surface area contributed by atoms with Crippen LogP contribution in [-0.2, 0) is 89.1 Å². The minimum atomic E-state index is -0.00458. The standard InChI is InChI=1S/2C28H42NS.Ni/c2*1-9-11-14-20-16-13-17-21(15-12-10-2)25(20)29-24-19-22(27(3,4)5)18-23(26(24)30)28(6,7)8;/h2*13,16-19,30H,9-12,14-15H2,1-8H3;/q2*-1;/p-2. The first-order valence-electron chi connectivity index (χ1n) is 23.3. The van der Waals surface area contributed by atoms with E-state index in [1.54, 1.807) is 0 Å². The molecular formula is C56H82N2NiS2-4. The van der Waals surface area contributed by atoms with Crippen molar-refractivity contribution >= 4 is 48.0 Å². The minimum absolute atomic E-state index is 0. The molecule has 0 atom stereocenters. The van der Waals surface area contributed by atoms with Gasteiger partial charge in [-0.15, -0.1) is 11.4 Å². The Morgan fingerprint density at radius 2 is 0.672 bits per heavy atom. The van der Waals surface area contributed by atoms with Gasteiger partial charge in [-0.1, -0.05) is 231 Å². The van der Waals surface area contributed by atoms with Gasteiger partial charge in [0, 0.05) is 16.5 Å². The van der Waals surface area contributed by atoms with Gasteiger partial charge >= 0.3 is 0 Å². The van der Waals surface area contributed by atoms with Crippen LogP contribution in [0.15, 0.2) is 70.5 Å². The molecule has 0 N–H and O–H groups in total. The minimum Gasteiger partial charge on any atom is -0.781 e. The Bertz CT molecular complexity index is 1770. The first kappa shape index (κ1) is 54.5.